The van der Waals surface area contributed by atoms with E-state index in [1.54, 1.807) is 0 Å². The molecule has 144 valence electrons. The summed E-state index contributed by atoms with van der Waals surface area (Å²) in [5, 5.41) is 14.2. The van der Waals surface area contributed by atoms with E-state index in [4.69, 9.17) is 9.15 Å². The number of nitrogens with one attached hydrogen (secondary N) is 1. The molecule has 1 heterocycles. The Kier molecular flexibility index (Phi) is 7.09. The Balaban J connectivity index is 0.00000243. The molecule has 1 aromatic carbocycles. The molecule has 1 atom stereocenters. The summed E-state index contributed by atoms with van der Waals surface area (Å²) < 4.78 is 11.5. The Morgan fingerprint density at radius 1 is 1.23 bits per heavy atom. The topological polar surface area (TPSA) is 71.7 Å². The van der Waals surface area contributed by atoms with Gasteiger partial charge in [-0.2, -0.15) is 0 Å². The number of fused-ring (bicyclic) bond motifs is 3. The van der Waals surface area contributed by atoms with Crippen molar-refractivity contribution < 1.29 is 14.3 Å². The lowest BCUT2D eigenvalue weighted by atomic mass is 9.90. The van der Waals surface area contributed by atoms with Crippen molar-refractivity contribution in [3.8, 4) is 5.75 Å². The summed E-state index contributed by atoms with van der Waals surface area (Å²) >= 11 is 0. The molecule has 6 heteroatoms. The number of rotatable bonds is 6. The first kappa shape index (κ1) is 20.7. The van der Waals surface area contributed by atoms with Gasteiger partial charge in [0.2, 0.25) is 0 Å². The third-order valence-corrected chi connectivity index (χ3v) is 4.62. The van der Waals surface area contributed by atoms with Crippen LogP contribution in [-0.2, 0) is 12.8 Å². The van der Waals surface area contributed by atoms with Crippen molar-refractivity contribution in [1.82, 2.24) is 5.32 Å². The first-order valence-corrected chi connectivity index (χ1v) is 9.09. The predicted octanol–water partition coefficient (Wildman–Crippen LogP) is 3.14. The molecule has 1 aliphatic rings. The summed E-state index contributed by atoms with van der Waals surface area (Å²) in [5.41, 5.74) is 3.17. The van der Waals surface area contributed by atoms with Gasteiger partial charge in [0.1, 0.15) is 24.0 Å². The Hall–Kier alpha value is -1.56. The molecule has 5 nitrogen and oxygen atoms in total. The first-order chi connectivity index (χ1) is 12.0. The highest BCUT2D eigenvalue weighted by Gasteiger charge is 2.21. The Morgan fingerprint density at radius 3 is 2.62 bits per heavy atom. The van der Waals surface area contributed by atoms with E-state index in [9.17, 15) is 9.90 Å². The molecule has 1 unspecified atom stereocenters. The van der Waals surface area contributed by atoms with E-state index in [1.807, 2.05) is 32.9 Å². The molecule has 3 rings (SSSR count). The zero-order chi connectivity index (χ0) is 18.0. The SMILES string of the molecule is Cc1cc(OCC(O)CNC(C)C)c2c3c(c(=O)oc2c1)CCCC3.Cl. The average Bonchev–Trinajstić information content (AvgIpc) is 2.57. The fraction of sp³-hybridized carbons (Fsp3) is 0.550. The fourth-order valence-corrected chi connectivity index (χ4v) is 3.40. The van der Waals surface area contributed by atoms with Gasteiger partial charge in [0.15, 0.2) is 0 Å². The number of aliphatic hydroxyl groups excluding tert-OH is 1. The molecular formula is C20H28ClNO4. The molecule has 26 heavy (non-hydrogen) atoms. The van der Waals surface area contributed by atoms with Crippen LogP contribution >= 0.6 is 12.4 Å². The molecule has 0 spiro atoms. The zero-order valence-electron chi connectivity index (χ0n) is 15.6. The van der Waals surface area contributed by atoms with Crippen molar-refractivity contribution in [2.24, 2.45) is 0 Å². The Labute approximate surface area is 160 Å². The number of halogens is 1. The molecule has 0 bridgehead atoms. The van der Waals surface area contributed by atoms with E-state index in [1.165, 1.54) is 0 Å². The summed E-state index contributed by atoms with van der Waals surface area (Å²) in [4.78, 5) is 12.3. The minimum Gasteiger partial charge on any atom is -0.490 e. The number of aryl methyl sites for hydroxylation is 2. The number of aliphatic hydroxyl groups is 1. The maximum absolute atomic E-state index is 12.3. The van der Waals surface area contributed by atoms with Gasteiger partial charge in [-0.15, -0.1) is 12.4 Å². The van der Waals surface area contributed by atoms with Crippen molar-refractivity contribution in [3.63, 3.8) is 0 Å². The molecule has 0 saturated carbocycles. The maximum atomic E-state index is 12.3. The van der Waals surface area contributed by atoms with E-state index in [2.05, 4.69) is 5.32 Å². The van der Waals surface area contributed by atoms with Crippen LogP contribution in [0.2, 0.25) is 0 Å². The van der Waals surface area contributed by atoms with Gasteiger partial charge >= 0.3 is 5.63 Å². The van der Waals surface area contributed by atoms with Gasteiger partial charge in [-0.1, -0.05) is 13.8 Å². The van der Waals surface area contributed by atoms with Crippen LogP contribution in [0.5, 0.6) is 5.75 Å². The number of hydrogen-bond acceptors (Lipinski definition) is 5. The second-order valence-corrected chi connectivity index (χ2v) is 7.22. The summed E-state index contributed by atoms with van der Waals surface area (Å²) in [7, 11) is 0. The molecule has 0 fully saturated rings. The van der Waals surface area contributed by atoms with Crippen molar-refractivity contribution in [2.45, 2.75) is 58.6 Å². The Bertz CT molecular complexity index is 816. The lowest BCUT2D eigenvalue weighted by Gasteiger charge is -2.20. The van der Waals surface area contributed by atoms with E-state index in [0.29, 0.717) is 23.9 Å². The van der Waals surface area contributed by atoms with Crippen LogP contribution < -0.4 is 15.7 Å². The van der Waals surface area contributed by atoms with Gasteiger partial charge in [0.05, 0.1) is 5.39 Å². The Morgan fingerprint density at radius 2 is 1.92 bits per heavy atom. The number of hydrogen-bond donors (Lipinski definition) is 2. The molecule has 0 saturated heterocycles. The molecule has 2 aromatic rings. The third-order valence-electron chi connectivity index (χ3n) is 4.62. The van der Waals surface area contributed by atoms with Crippen LogP contribution in [0.15, 0.2) is 21.3 Å². The smallest absolute Gasteiger partial charge is 0.339 e. The quantitative estimate of drug-likeness (QED) is 0.752. The van der Waals surface area contributed by atoms with Gasteiger partial charge in [-0.25, -0.2) is 4.79 Å². The number of ether oxygens (including phenoxy) is 1. The fourth-order valence-electron chi connectivity index (χ4n) is 3.40. The second-order valence-electron chi connectivity index (χ2n) is 7.22. The first-order valence-electron chi connectivity index (χ1n) is 9.09. The molecule has 0 aliphatic heterocycles. The summed E-state index contributed by atoms with van der Waals surface area (Å²) in [6.45, 7) is 6.70. The van der Waals surface area contributed by atoms with Crippen molar-refractivity contribution in [2.75, 3.05) is 13.2 Å². The third kappa shape index (κ3) is 4.58. The van der Waals surface area contributed by atoms with E-state index < -0.39 is 6.10 Å². The molecule has 0 amide bonds. The van der Waals surface area contributed by atoms with Crippen LogP contribution in [0.4, 0.5) is 0 Å². The lowest BCUT2D eigenvalue weighted by molar-refractivity contribution is 0.105. The zero-order valence-corrected chi connectivity index (χ0v) is 16.4. The van der Waals surface area contributed by atoms with Crippen LogP contribution in [0.1, 0.15) is 43.4 Å². The van der Waals surface area contributed by atoms with Gasteiger partial charge in [0.25, 0.3) is 0 Å². The molecular weight excluding hydrogens is 354 g/mol. The van der Waals surface area contributed by atoms with Gasteiger partial charge in [-0.05, 0) is 55.9 Å². The summed E-state index contributed by atoms with van der Waals surface area (Å²) in [6, 6.07) is 4.16. The molecule has 0 radical (unpaired) electrons. The maximum Gasteiger partial charge on any atom is 0.339 e. The van der Waals surface area contributed by atoms with Gasteiger partial charge in [0, 0.05) is 18.2 Å². The highest BCUT2D eigenvalue weighted by atomic mass is 35.5. The van der Waals surface area contributed by atoms with Crippen molar-refractivity contribution >= 4 is 23.4 Å². The van der Waals surface area contributed by atoms with Crippen molar-refractivity contribution in [1.29, 1.82) is 0 Å². The minimum atomic E-state index is -0.593. The standard InChI is InChI=1S/C20H27NO4.ClH/c1-12(2)21-10-14(22)11-24-17-8-13(3)9-18-19(17)15-6-4-5-7-16(15)20(23)25-18;/h8-9,12,14,21-22H,4-7,10-11H2,1-3H3;1H. The lowest BCUT2D eigenvalue weighted by Crippen LogP contribution is -2.35. The number of benzene rings is 1. The highest BCUT2D eigenvalue weighted by molar-refractivity contribution is 5.88. The van der Waals surface area contributed by atoms with Crippen LogP contribution in [0, 0.1) is 6.92 Å². The van der Waals surface area contributed by atoms with E-state index in [-0.39, 0.29) is 24.6 Å². The van der Waals surface area contributed by atoms with Gasteiger partial charge in [-0.3, -0.25) is 0 Å². The highest BCUT2D eigenvalue weighted by Crippen LogP contribution is 2.34. The molecule has 2 N–H and O–H groups in total. The van der Waals surface area contributed by atoms with Crippen molar-refractivity contribution in [3.05, 3.63) is 39.2 Å². The van der Waals surface area contributed by atoms with Crippen LogP contribution in [0.3, 0.4) is 0 Å². The minimum absolute atomic E-state index is 0. The largest absolute Gasteiger partial charge is 0.490 e. The normalized spacial score (nSPS) is 14.8. The van der Waals surface area contributed by atoms with Gasteiger partial charge < -0.3 is 19.6 Å². The monoisotopic (exact) mass is 381 g/mol. The molecule has 1 aromatic heterocycles. The summed E-state index contributed by atoms with van der Waals surface area (Å²) in [5.74, 6) is 0.695. The average molecular weight is 382 g/mol. The van der Waals surface area contributed by atoms with E-state index >= 15 is 0 Å². The second kappa shape index (κ2) is 8.89. The molecule has 1 aliphatic carbocycles. The van der Waals surface area contributed by atoms with E-state index in [0.717, 1.165) is 47.8 Å². The van der Waals surface area contributed by atoms with Crippen LogP contribution in [-0.4, -0.2) is 30.4 Å². The van der Waals surface area contributed by atoms with Crippen LogP contribution in [0.25, 0.3) is 11.0 Å². The summed E-state index contributed by atoms with van der Waals surface area (Å²) in [6.07, 6.45) is 3.13. The predicted molar refractivity (Wildman–Crippen MR) is 106 cm³/mol.